The SMILES string of the molecule is Cc1cccn2c(=O)c(C=O)c(Nc3cccc(C(F)(F)F)c3)nc12. The summed E-state index contributed by atoms with van der Waals surface area (Å²) >= 11 is 0. The van der Waals surface area contributed by atoms with Crippen LogP contribution in [-0.4, -0.2) is 15.7 Å². The average molecular weight is 347 g/mol. The third-order valence-corrected chi connectivity index (χ3v) is 3.65. The zero-order valence-electron chi connectivity index (χ0n) is 13.0. The van der Waals surface area contributed by atoms with Crippen LogP contribution in [0.2, 0.25) is 0 Å². The Hall–Kier alpha value is -3.16. The van der Waals surface area contributed by atoms with Gasteiger partial charge in [0.1, 0.15) is 17.0 Å². The number of aldehydes is 1. The van der Waals surface area contributed by atoms with Gasteiger partial charge in [-0.1, -0.05) is 12.1 Å². The Kier molecular flexibility index (Phi) is 4.03. The maximum Gasteiger partial charge on any atom is 0.416 e. The maximum atomic E-state index is 12.8. The highest BCUT2D eigenvalue weighted by atomic mass is 19.4. The van der Waals surface area contributed by atoms with Gasteiger partial charge >= 0.3 is 6.18 Å². The van der Waals surface area contributed by atoms with E-state index in [2.05, 4.69) is 10.3 Å². The fourth-order valence-corrected chi connectivity index (χ4v) is 2.42. The first-order valence-electron chi connectivity index (χ1n) is 7.22. The van der Waals surface area contributed by atoms with Crippen LogP contribution in [0, 0.1) is 6.92 Å². The lowest BCUT2D eigenvalue weighted by molar-refractivity contribution is -0.137. The summed E-state index contributed by atoms with van der Waals surface area (Å²) in [5.74, 6) is -0.0892. The number of anilines is 2. The predicted molar refractivity (Wildman–Crippen MR) is 86.3 cm³/mol. The standard InChI is InChI=1S/C17H12F3N3O2/c1-10-4-3-7-23-15(10)22-14(13(9-24)16(23)25)21-12-6-2-5-11(8-12)17(18,19)20/h2-9,21H,1H3. The molecule has 0 saturated carbocycles. The number of halogens is 3. The minimum Gasteiger partial charge on any atom is -0.339 e. The number of rotatable bonds is 3. The highest BCUT2D eigenvalue weighted by Gasteiger charge is 2.30. The number of alkyl halides is 3. The van der Waals surface area contributed by atoms with Gasteiger partial charge in [0.2, 0.25) is 0 Å². The average Bonchev–Trinajstić information content (AvgIpc) is 2.56. The molecule has 0 saturated heterocycles. The van der Waals surface area contributed by atoms with Crippen LogP contribution in [0.3, 0.4) is 0 Å². The van der Waals surface area contributed by atoms with Gasteiger partial charge in [0.25, 0.3) is 5.56 Å². The summed E-state index contributed by atoms with van der Waals surface area (Å²) in [5.41, 5.74) is -0.642. The van der Waals surface area contributed by atoms with Crippen LogP contribution < -0.4 is 10.9 Å². The van der Waals surface area contributed by atoms with Crippen molar-refractivity contribution in [3.05, 3.63) is 69.6 Å². The van der Waals surface area contributed by atoms with Crippen LogP contribution >= 0.6 is 0 Å². The molecule has 1 N–H and O–H groups in total. The van der Waals surface area contributed by atoms with Gasteiger partial charge < -0.3 is 5.32 Å². The molecule has 0 aliphatic rings. The third-order valence-electron chi connectivity index (χ3n) is 3.65. The van der Waals surface area contributed by atoms with Crippen LogP contribution in [-0.2, 0) is 6.18 Å². The number of aryl methyl sites for hydroxylation is 1. The Morgan fingerprint density at radius 2 is 1.96 bits per heavy atom. The molecule has 8 heteroatoms. The van der Waals surface area contributed by atoms with E-state index < -0.39 is 17.3 Å². The number of fused-ring (bicyclic) bond motifs is 1. The van der Waals surface area contributed by atoms with Crippen LogP contribution in [0.4, 0.5) is 24.7 Å². The molecule has 0 radical (unpaired) electrons. The van der Waals surface area contributed by atoms with E-state index in [0.717, 1.165) is 12.1 Å². The molecule has 0 bridgehead atoms. The molecule has 3 aromatic rings. The van der Waals surface area contributed by atoms with Crippen molar-refractivity contribution < 1.29 is 18.0 Å². The van der Waals surface area contributed by atoms with Gasteiger partial charge in [-0.2, -0.15) is 13.2 Å². The molecule has 0 amide bonds. The lowest BCUT2D eigenvalue weighted by Gasteiger charge is -2.12. The molecule has 0 spiro atoms. The van der Waals surface area contributed by atoms with Gasteiger partial charge in [0.15, 0.2) is 6.29 Å². The van der Waals surface area contributed by atoms with Crippen LogP contribution in [0.15, 0.2) is 47.4 Å². The Bertz CT molecular complexity index is 1030. The molecular formula is C17H12F3N3O2. The van der Waals surface area contributed by atoms with E-state index in [1.807, 2.05) is 0 Å². The number of carbonyl (C=O) groups is 1. The molecule has 1 aromatic carbocycles. The van der Waals surface area contributed by atoms with Gasteiger partial charge in [-0.15, -0.1) is 0 Å². The largest absolute Gasteiger partial charge is 0.416 e. The summed E-state index contributed by atoms with van der Waals surface area (Å²) in [4.78, 5) is 28.0. The molecule has 0 atom stereocenters. The predicted octanol–water partition coefficient (Wildman–Crippen LogP) is 3.58. The Balaban J connectivity index is 2.15. The highest BCUT2D eigenvalue weighted by Crippen LogP contribution is 2.31. The van der Waals surface area contributed by atoms with E-state index in [1.165, 1.54) is 22.7 Å². The van der Waals surface area contributed by atoms with Gasteiger partial charge in [0.05, 0.1) is 5.56 Å². The lowest BCUT2D eigenvalue weighted by atomic mass is 10.2. The first kappa shape index (κ1) is 16.7. The molecule has 0 aliphatic heterocycles. The summed E-state index contributed by atoms with van der Waals surface area (Å²) in [5, 5.41) is 2.64. The number of hydrogen-bond donors (Lipinski definition) is 1. The van der Waals surface area contributed by atoms with Crippen molar-refractivity contribution in [2.75, 3.05) is 5.32 Å². The van der Waals surface area contributed by atoms with Crippen LogP contribution in [0.1, 0.15) is 21.5 Å². The topological polar surface area (TPSA) is 63.5 Å². The van der Waals surface area contributed by atoms with E-state index in [0.29, 0.717) is 17.5 Å². The third kappa shape index (κ3) is 3.10. The first-order valence-corrected chi connectivity index (χ1v) is 7.22. The molecule has 0 fully saturated rings. The second kappa shape index (κ2) is 6.04. The molecule has 0 aliphatic carbocycles. The molecular weight excluding hydrogens is 335 g/mol. The van der Waals surface area contributed by atoms with E-state index in [-0.39, 0.29) is 17.1 Å². The Labute approximate surface area is 139 Å². The Morgan fingerprint density at radius 3 is 2.64 bits per heavy atom. The number of aromatic nitrogens is 2. The number of pyridine rings is 1. The summed E-state index contributed by atoms with van der Waals surface area (Å²) in [6, 6.07) is 7.81. The summed E-state index contributed by atoms with van der Waals surface area (Å²) in [7, 11) is 0. The van der Waals surface area contributed by atoms with Crippen molar-refractivity contribution >= 4 is 23.4 Å². The van der Waals surface area contributed by atoms with Gasteiger partial charge in [-0.3, -0.25) is 14.0 Å². The normalized spacial score (nSPS) is 11.5. The summed E-state index contributed by atoms with van der Waals surface area (Å²) in [6.45, 7) is 1.73. The second-order valence-corrected chi connectivity index (χ2v) is 5.39. The molecule has 25 heavy (non-hydrogen) atoms. The van der Waals surface area contributed by atoms with Crippen molar-refractivity contribution in [3.8, 4) is 0 Å². The maximum absolute atomic E-state index is 12.8. The molecule has 2 aromatic heterocycles. The van der Waals surface area contributed by atoms with E-state index >= 15 is 0 Å². The zero-order chi connectivity index (χ0) is 18.2. The van der Waals surface area contributed by atoms with E-state index in [4.69, 9.17) is 0 Å². The minimum absolute atomic E-state index is 0.0720. The molecule has 128 valence electrons. The Morgan fingerprint density at radius 1 is 1.20 bits per heavy atom. The number of hydrogen-bond acceptors (Lipinski definition) is 4. The van der Waals surface area contributed by atoms with Crippen LogP contribution in [0.5, 0.6) is 0 Å². The number of nitrogens with one attached hydrogen (secondary N) is 1. The molecule has 2 heterocycles. The highest BCUT2D eigenvalue weighted by molar-refractivity contribution is 5.84. The number of benzene rings is 1. The van der Waals surface area contributed by atoms with Crippen molar-refractivity contribution in [2.45, 2.75) is 13.1 Å². The zero-order valence-corrected chi connectivity index (χ0v) is 13.0. The van der Waals surface area contributed by atoms with Gasteiger partial charge in [0, 0.05) is 11.9 Å². The monoisotopic (exact) mass is 347 g/mol. The van der Waals surface area contributed by atoms with Gasteiger partial charge in [-0.25, -0.2) is 4.98 Å². The fraction of sp³-hybridized carbons (Fsp3) is 0.118. The number of carbonyl (C=O) groups excluding carboxylic acids is 1. The lowest BCUT2D eigenvalue weighted by Crippen LogP contribution is -2.22. The van der Waals surface area contributed by atoms with Crippen molar-refractivity contribution in [3.63, 3.8) is 0 Å². The smallest absolute Gasteiger partial charge is 0.339 e. The molecule has 5 nitrogen and oxygen atoms in total. The van der Waals surface area contributed by atoms with E-state index in [9.17, 15) is 22.8 Å². The molecule has 0 unspecified atom stereocenters. The minimum atomic E-state index is -4.50. The molecule has 3 rings (SSSR count). The van der Waals surface area contributed by atoms with Crippen molar-refractivity contribution in [1.29, 1.82) is 0 Å². The van der Waals surface area contributed by atoms with Crippen LogP contribution in [0.25, 0.3) is 5.65 Å². The van der Waals surface area contributed by atoms with Crippen molar-refractivity contribution in [1.82, 2.24) is 9.38 Å². The summed E-state index contributed by atoms with van der Waals surface area (Å²) < 4.78 is 39.7. The number of nitrogens with zero attached hydrogens (tertiary/aromatic N) is 2. The first-order chi connectivity index (χ1) is 11.8. The fourth-order valence-electron chi connectivity index (χ4n) is 2.42. The van der Waals surface area contributed by atoms with Crippen molar-refractivity contribution in [2.24, 2.45) is 0 Å². The quantitative estimate of drug-likeness (QED) is 0.736. The van der Waals surface area contributed by atoms with E-state index in [1.54, 1.807) is 19.1 Å². The summed E-state index contributed by atoms with van der Waals surface area (Å²) in [6.07, 6.45) is -2.70. The second-order valence-electron chi connectivity index (χ2n) is 5.39. The van der Waals surface area contributed by atoms with Gasteiger partial charge in [-0.05, 0) is 36.8 Å².